The Balaban J connectivity index is 1.40. The number of ether oxygens (including phenoxy) is 2. The van der Waals surface area contributed by atoms with Gasteiger partial charge in [0, 0.05) is 37.4 Å². The number of nitrogens with zero attached hydrogens (tertiary/aromatic N) is 3. The highest BCUT2D eigenvalue weighted by molar-refractivity contribution is 6.04. The largest absolute Gasteiger partial charge is 0.497 e. The lowest BCUT2D eigenvalue weighted by Gasteiger charge is -2.37. The lowest BCUT2D eigenvalue weighted by atomic mass is 9.99. The third-order valence-corrected chi connectivity index (χ3v) is 7.77. The summed E-state index contributed by atoms with van der Waals surface area (Å²) in [4.78, 5) is 45.9. The summed E-state index contributed by atoms with van der Waals surface area (Å²) in [6.45, 7) is 8.09. The Kier molecular flexibility index (Phi) is 8.54. The van der Waals surface area contributed by atoms with Crippen LogP contribution in [0.3, 0.4) is 0 Å². The number of benzene rings is 3. The van der Waals surface area contributed by atoms with E-state index >= 15 is 0 Å². The SMILES string of the molecule is CCN1CCN(C(=O)C2C(c3cccc(NC(=O)c4ccc(OC)cc4)c3)OC(=O)N2Cc2ccc(C)cc2)CC1. The van der Waals surface area contributed by atoms with Crippen LogP contribution in [0.4, 0.5) is 10.5 Å². The number of anilines is 1. The maximum atomic E-state index is 14.0. The van der Waals surface area contributed by atoms with Crippen LogP contribution in [0.25, 0.3) is 0 Å². The molecule has 2 aliphatic rings. The monoisotopic (exact) mass is 556 g/mol. The van der Waals surface area contributed by atoms with E-state index in [0.717, 1.165) is 30.8 Å². The van der Waals surface area contributed by atoms with E-state index in [2.05, 4.69) is 17.1 Å². The zero-order chi connectivity index (χ0) is 28.9. The highest BCUT2D eigenvalue weighted by Gasteiger charge is 2.48. The van der Waals surface area contributed by atoms with Gasteiger partial charge in [-0.3, -0.25) is 14.5 Å². The molecule has 2 aliphatic heterocycles. The second-order valence-electron chi connectivity index (χ2n) is 10.4. The van der Waals surface area contributed by atoms with E-state index in [4.69, 9.17) is 9.47 Å². The lowest BCUT2D eigenvalue weighted by Crippen LogP contribution is -2.54. The zero-order valence-electron chi connectivity index (χ0n) is 23.7. The molecule has 2 heterocycles. The normalized spacial score (nSPS) is 19.1. The molecule has 9 heteroatoms. The van der Waals surface area contributed by atoms with Crippen LogP contribution in [0.1, 0.15) is 40.1 Å². The van der Waals surface area contributed by atoms with Crippen LogP contribution < -0.4 is 10.1 Å². The second-order valence-corrected chi connectivity index (χ2v) is 10.4. The smallest absolute Gasteiger partial charge is 0.411 e. The highest BCUT2D eigenvalue weighted by atomic mass is 16.6. The summed E-state index contributed by atoms with van der Waals surface area (Å²) >= 11 is 0. The molecule has 1 N–H and O–H groups in total. The Bertz CT molecular complexity index is 1380. The van der Waals surface area contributed by atoms with Crippen molar-refractivity contribution in [1.82, 2.24) is 14.7 Å². The summed E-state index contributed by atoms with van der Waals surface area (Å²) in [5, 5.41) is 2.91. The van der Waals surface area contributed by atoms with Gasteiger partial charge >= 0.3 is 6.09 Å². The van der Waals surface area contributed by atoms with Gasteiger partial charge in [-0.25, -0.2) is 4.79 Å². The van der Waals surface area contributed by atoms with Gasteiger partial charge in [-0.15, -0.1) is 0 Å². The number of cyclic esters (lactones) is 1. The molecule has 3 amide bonds. The maximum Gasteiger partial charge on any atom is 0.411 e. The van der Waals surface area contributed by atoms with E-state index in [9.17, 15) is 14.4 Å². The fraction of sp³-hybridized carbons (Fsp3) is 0.344. The van der Waals surface area contributed by atoms with Crippen LogP contribution in [-0.2, 0) is 16.1 Å². The Labute approximate surface area is 240 Å². The molecule has 0 aliphatic carbocycles. The molecule has 2 saturated heterocycles. The number of rotatable bonds is 8. The van der Waals surface area contributed by atoms with Gasteiger partial charge in [0.05, 0.1) is 13.7 Å². The number of piperazine rings is 1. The fourth-order valence-electron chi connectivity index (χ4n) is 5.29. The van der Waals surface area contributed by atoms with E-state index in [1.807, 2.05) is 42.2 Å². The van der Waals surface area contributed by atoms with Crippen molar-refractivity contribution in [3.8, 4) is 5.75 Å². The Hall–Kier alpha value is -4.37. The number of carbonyl (C=O) groups is 3. The first-order chi connectivity index (χ1) is 19.9. The summed E-state index contributed by atoms with van der Waals surface area (Å²) in [7, 11) is 1.57. The minimum absolute atomic E-state index is 0.128. The lowest BCUT2D eigenvalue weighted by molar-refractivity contribution is -0.138. The standard InChI is InChI=1S/C32H36N4O5/c1-4-34-16-18-35(19-17-34)31(38)28-29(41-32(39)36(28)21-23-10-8-22(2)9-11-23)25-6-5-7-26(20-25)33-30(37)24-12-14-27(40-3)15-13-24/h5-15,20,28-29H,4,16-19,21H2,1-3H3,(H,33,37). The summed E-state index contributed by atoms with van der Waals surface area (Å²) in [5.74, 6) is 0.251. The number of hydrogen-bond donors (Lipinski definition) is 1. The van der Waals surface area contributed by atoms with Gasteiger partial charge in [-0.05, 0) is 61.0 Å². The van der Waals surface area contributed by atoms with Crippen molar-refractivity contribution >= 4 is 23.6 Å². The van der Waals surface area contributed by atoms with E-state index in [-0.39, 0.29) is 18.4 Å². The molecule has 2 fully saturated rings. The molecule has 3 aromatic carbocycles. The van der Waals surface area contributed by atoms with Gasteiger partial charge in [-0.1, -0.05) is 48.9 Å². The molecule has 3 aromatic rings. The predicted molar refractivity (Wildman–Crippen MR) is 156 cm³/mol. The minimum Gasteiger partial charge on any atom is -0.497 e. The average Bonchev–Trinajstić information content (AvgIpc) is 3.33. The van der Waals surface area contributed by atoms with E-state index in [1.54, 1.807) is 49.6 Å². The van der Waals surface area contributed by atoms with Crippen molar-refractivity contribution in [2.24, 2.45) is 0 Å². The molecule has 214 valence electrons. The van der Waals surface area contributed by atoms with Crippen LogP contribution in [-0.4, -0.2) is 78.5 Å². The Morgan fingerprint density at radius 3 is 2.34 bits per heavy atom. The number of aryl methyl sites for hydroxylation is 1. The molecule has 41 heavy (non-hydrogen) atoms. The van der Waals surface area contributed by atoms with E-state index in [1.165, 1.54) is 4.90 Å². The third-order valence-electron chi connectivity index (χ3n) is 7.77. The molecule has 2 unspecified atom stereocenters. The molecular weight excluding hydrogens is 520 g/mol. The number of methoxy groups -OCH3 is 1. The molecule has 2 atom stereocenters. The maximum absolute atomic E-state index is 14.0. The van der Waals surface area contributed by atoms with Gasteiger partial charge in [0.25, 0.3) is 5.91 Å². The van der Waals surface area contributed by atoms with Crippen molar-refractivity contribution < 1.29 is 23.9 Å². The quantitative estimate of drug-likeness (QED) is 0.440. The van der Waals surface area contributed by atoms with Gasteiger partial charge in [0.1, 0.15) is 5.75 Å². The molecule has 0 aromatic heterocycles. The summed E-state index contributed by atoms with van der Waals surface area (Å²) in [6, 6.07) is 21.1. The third kappa shape index (κ3) is 6.36. The van der Waals surface area contributed by atoms with Gasteiger partial charge in [-0.2, -0.15) is 0 Å². The average molecular weight is 557 g/mol. The number of carbonyl (C=O) groups excluding carboxylic acids is 3. The Morgan fingerprint density at radius 1 is 0.976 bits per heavy atom. The molecule has 9 nitrogen and oxygen atoms in total. The van der Waals surface area contributed by atoms with Crippen LogP contribution >= 0.6 is 0 Å². The molecular formula is C32H36N4O5. The van der Waals surface area contributed by atoms with E-state index in [0.29, 0.717) is 35.7 Å². The van der Waals surface area contributed by atoms with Crippen molar-refractivity contribution in [3.63, 3.8) is 0 Å². The number of nitrogens with one attached hydrogen (secondary N) is 1. The molecule has 0 bridgehead atoms. The van der Waals surface area contributed by atoms with E-state index < -0.39 is 18.2 Å². The Morgan fingerprint density at radius 2 is 1.68 bits per heavy atom. The summed E-state index contributed by atoms with van der Waals surface area (Å²) < 4.78 is 11.1. The van der Waals surface area contributed by atoms with Crippen molar-refractivity contribution in [1.29, 1.82) is 0 Å². The molecule has 0 radical (unpaired) electrons. The van der Waals surface area contributed by atoms with Crippen molar-refractivity contribution in [2.75, 3.05) is 45.2 Å². The summed E-state index contributed by atoms with van der Waals surface area (Å²) in [5.41, 5.74) is 3.70. The topological polar surface area (TPSA) is 91.4 Å². The second kappa shape index (κ2) is 12.4. The number of amides is 3. The van der Waals surface area contributed by atoms with Crippen LogP contribution in [0.5, 0.6) is 5.75 Å². The number of likely N-dealkylation sites (N-methyl/N-ethyl adjacent to an activating group) is 1. The minimum atomic E-state index is -0.829. The van der Waals surface area contributed by atoms with Crippen molar-refractivity contribution in [3.05, 3.63) is 95.1 Å². The van der Waals surface area contributed by atoms with Crippen LogP contribution in [0, 0.1) is 6.92 Å². The first-order valence-corrected chi connectivity index (χ1v) is 14.0. The molecule has 0 spiro atoms. The zero-order valence-corrected chi connectivity index (χ0v) is 23.7. The predicted octanol–water partition coefficient (Wildman–Crippen LogP) is 4.48. The first kappa shape index (κ1) is 28.2. The molecule has 0 saturated carbocycles. The van der Waals surface area contributed by atoms with Gasteiger partial charge < -0.3 is 24.6 Å². The fourth-order valence-corrected chi connectivity index (χ4v) is 5.29. The number of hydrogen-bond acceptors (Lipinski definition) is 6. The summed E-state index contributed by atoms with van der Waals surface area (Å²) in [6.07, 6.45) is -1.35. The first-order valence-electron chi connectivity index (χ1n) is 14.0. The van der Waals surface area contributed by atoms with Crippen molar-refractivity contribution in [2.45, 2.75) is 32.5 Å². The van der Waals surface area contributed by atoms with Crippen LogP contribution in [0.15, 0.2) is 72.8 Å². The van der Waals surface area contributed by atoms with Crippen LogP contribution in [0.2, 0.25) is 0 Å². The van der Waals surface area contributed by atoms with Gasteiger partial charge in [0.15, 0.2) is 12.1 Å². The van der Waals surface area contributed by atoms with Gasteiger partial charge in [0.2, 0.25) is 5.91 Å². The highest BCUT2D eigenvalue weighted by Crippen LogP contribution is 2.36. The molecule has 5 rings (SSSR count).